The number of benzene rings is 1. The van der Waals surface area contributed by atoms with Gasteiger partial charge in [-0.3, -0.25) is 0 Å². The summed E-state index contributed by atoms with van der Waals surface area (Å²) < 4.78 is 1.05. The Morgan fingerprint density at radius 2 is 1.87 bits per heavy atom. The van der Waals surface area contributed by atoms with E-state index in [1.807, 2.05) is 0 Å². The van der Waals surface area contributed by atoms with Crippen molar-refractivity contribution < 1.29 is 4.48 Å². The largest absolute Gasteiger partial charge is 0.331 e. The summed E-state index contributed by atoms with van der Waals surface area (Å²) in [4.78, 5) is 0. The zero-order valence-corrected chi connectivity index (χ0v) is 9.96. The molecule has 0 radical (unpaired) electrons. The highest BCUT2D eigenvalue weighted by atomic mass is 15.3. The van der Waals surface area contributed by atoms with Crippen molar-refractivity contribution in [3.8, 4) is 0 Å². The molecule has 0 saturated heterocycles. The van der Waals surface area contributed by atoms with Gasteiger partial charge in [0.2, 0.25) is 0 Å². The van der Waals surface area contributed by atoms with E-state index < -0.39 is 0 Å². The van der Waals surface area contributed by atoms with E-state index in [0.29, 0.717) is 0 Å². The summed E-state index contributed by atoms with van der Waals surface area (Å²) in [5.41, 5.74) is 4.51. The molecule has 0 unspecified atom stereocenters. The third-order valence-corrected chi connectivity index (χ3v) is 2.94. The molecule has 1 aliphatic rings. The van der Waals surface area contributed by atoms with Gasteiger partial charge in [0.05, 0.1) is 27.7 Å². The highest BCUT2D eigenvalue weighted by Crippen LogP contribution is 2.26. The molecular formula is C14H20N+. The lowest BCUT2D eigenvalue weighted by atomic mass is 10.1. The minimum atomic E-state index is 1.05. The van der Waals surface area contributed by atoms with Crippen molar-refractivity contribution in [1.82, 2.24) is 0 Å². The van der Waals surface area contributed by atoms with Gasteiger partial charge in [-0.05, 0) is 17.5 Å². The second kappa shape index (κ2) is 3.82. The average molecular weight is 202 g/mol. The molecule has 1 aliphatic carbocycles. The molecule has 0 amide bonds. The van der Waals surface area contributed by atoms with Gasteiger partial charge in [-0.2, -0.15) is 0 Å². The number of fused-ring (bicyclic) bond motifs is 1. The molecule has 2 rings (SSSR count). The van der Waals surface area contributed by atoms with Gasteiger partial charge in [0.1, 0.15) is 0 Å². The maximum absolute atomic E-state index is 2.37. The van der Waals surface area contributed by atoms with Crippen LogP contribution in [0.3, 0.4) is 0 Å². The van der Waals surface area contributed by atoms with E-state index in [4.69, 9.17) is 0 Å². The van der Waals surface area contributed by atoms with Crippen LogP contribution in [-0.2, 0) is 6.42 Å². The summed E-state index contributed by atoms with van der Waals surface area (Å²) >= 11 is 0. The maximum Gasteiger partial charge on any atom is 0.0818 e. The first-order chi connectivity index (χ1) is 7.04. The lowest BCUT2D eigenvalue weighted by Crippen LogP contribution is -2.35. The summed E-state index contributed by atoms with van der Waals surface area (Å²) in [5.74, 6) is 0. The molecule has 15 heavy (non-hydrogen) atoms. The SMILES string of the molecule is C[N+](C)(C)CCC1=Cc2ccccc2C1. The fourth-order valence-corrected chi connectivity index (χ4v) is 1.99. The van der Waals surface area contributed by atoms with Crippen LogP contribution in [0.1, 0.15) is 17.5 Å². The zero-order valence-electron chi connectivity index (χ0n) is 9.96. The average Bonchev–Trinajstić information content (AvgIpc) is 2.56. The van der Waals surface area contributed by atoms with E-state index >= 15 is 0 Å². The number of rotatable bonds is 3. The van der Waals surface area contributed by atoms with Crippen molar-refractivity contribution in [3.63, 3.8) is 0 Å². The van der Waals surface area contributed by atoms with Crippen LogP contribution in [-0.4, -0.2) is 32.2 Å². The first-order valence-corrected chi connectivity index (χ1v) is 5.62. The molecule has 0 bridgehead atoms. The highest BCUT2D eigenvalue weighted by molar-refractivity contribution is 5.63. The maximum atomic E-state index is 2.37. The van der Waals surface area contributed by atoms with Crippen LogP contribution < -0.4 is 0 Å². The summed E-state index contributed by atoms with van der Waals surface area (Å²) in [6.07, 6.45) is 4.75. The van der Waals surface area contributed by atoms with Crippen molar-refractivity contribution in [2.45, 2.75) is 12.8 Å². The molecule has 0 aromatic heterocycles. The van der Waals surface area contributed by atoms with Crippen molar-refractivity contribution in [1.29, 1.82) is 0 Å². The van der Waals surface area contributed by atoms with Gasteiger partial charge in [0.25, 0.3) is 0 Å². The molecule has 0 N–H and O–H groups in total. The number of quaternary nitrogens is 1. The second-order valence-corrected chi connectivity index (χ2v) is 5.44. The van der Waals surface area contributed by atoms with Crippen LogP contribution in [0, 0.1) is 0 Å². The van der Waals surface area contributed by atoms with E-state index in [0.717, 1.165) is 10.9 Å². The summed E-state index contributed by atoms with van der Waals surface area (Å²) in [5, 5.41) is 0. The van der Waals surface area contributed by atoms with Gasteiger partial charge in [-0.15, -0.1) is 0 Å². The summed E-state index contributed by atoms with van der Waals surface area (Å²) in [6, 6.07) is 8.71. The Hall–Kier alpha value is -1.08. The zero-order chi connectivity index (χ0) is 10.9. The Morgan fingerprint density at radius 3 is 2.53 bits per heavy atom. The minimum absolute atomic E-state index is 1.05. The predicted octanol–water partition coefficient (Wildman–Crippen LogP) is 2.72. The second-order valence-electron chi connectivity index (χ2n) is 5.44. The fourth-order valence-electron chi connectivity index (χ4n) is 1.99. The van der Waals surface area contributed by atoms with Gasteiger partial charge in [0.15, 0.2) is 0 Å². The minimum Gasteiger partial charge on any atom is -0.331 e. The van der Waals surface area contributed by atoms with Gasteiger partial charge in [-0.1, -0.05) is 35.9 Å². The first kappa shape index (κ1) is 10.4. The Bertz CT molecular complexity index is 383. The molecule has 1 aromatic carbocycles. The molecule has 0 spiro atoms. The molecular weight excluding hydrogens is 182 g/mol. The third kappa shape index (κ3) is 2.69. The monoisotopic (exact) mass is 202 g/mol. The van der Waals surface area contributed by atoms with Crippen LogP contribution in [0.2, 0.25) is 0 Å². The van der Waals surface area contributed by atoms with Crippen LogP contribution in [0.4, 0.5) is 0 Å². The Kier molecular flexibility index (Phi) is 2.66. The molecule has 0 heterocycles. The smallest absolute Gasteiger partial charge is 0.0818 e. The van der Waals surface area contributed by atoms with Crippen molar-refractivity contribution in [3.05, 3.63) is 41.0 Å². The normalized spacial score (nSPS) is 15.0. The fraction of sp³-hybridized carbons (Fsp3) is 0.429. The predicted molar refractivity (Wildman–Crippen MR) is 65.6 cm³/mol. The molecule has 0 fully saturated rings. The summed E-state index contributed by atoms with van der Waals surface area (Å²) in [6.45, 7) is 1.22. The van der Waals surface area contributed by atoms with Crippen LogP contribution >= 0.6 is 0 Å². The molecule has 1 nitrogen and oxygen atoms in total. The van der Waals surface area contributed by atoms with Gasteiger partial charge in [-0.25, -0.2) is 0 Å². The number of hydrogen-bond donors (Lipinski definition) is 0. The van der Waals surface area contributed by atoms with E-state index in [2.05, 4.69) is 51.5 Å². The van der Waals surface area contributed by atoms with Crippen molar-refractivity contribution >= 4 is 6.08 Å². The molecule has 0 saturated carbocycles. The lowest BCUT2D eigenvalue weighted by molar-refractivity contribution is -0.870. The number of nitrogens with zero attached hydrogens (tertiary/aromatic N) is 1. The first-order valence-electron chi connectivity index (χ1n) is 5.62. The molecule has 80 valence electrons. The van der Waals surface area contributed by atoms with E-state index in [-0.39, 0.29) is 0 Å². The lowest BCUT2D eigenvalue weighted by Gasteiger charge is -2.23. The van der Waals surface area contributed by atoms with E-state index in [9.17, 15) is 0 Å². The molecule has 1 heteroatoms. The van der Waals surface area contributed by atoms with Gasteiger partial charge < -0.3 is 4.48 Å². The molecule has 0 atom stereocenters. The standard InChI is InChI=1S/C14H20N/c1-15(2,3)9-8-12-10-13-6-4-5-7-14(13)11-12/h4-7,10H,8-9,11H2,1-3H3/q+1. The Morgan fingerprint density at radius 1 is 1.13 bits per heavy atom. The Labute approximate surface area is 92.6 Å². The summed E-state index contributed by atoms with van der Waals surface area (Å²) in [7, 11) is 6.76. The molecule has 1 aromatic rings. The van der Waals surface area contributed by atoms with Crippen molar-refractivity contribution in [2.24, 2.45) is 0 Å². The Balaban J connectivity index is 2.00. The number of hydrogen-bond acceptors (Lipinski definition) is 0. The third-order valence-electron chi connectivity index (χ3n) is 2.94. The van der Waals surface area contributed by atoms with E-state index in [1.54, 1.807) is 5.57 Å². The van der Waals surface area contributed by atoms with Crippen LogP contribution in [0.25, 0.3) is 6.08 Å². The van der Waals surface area contributed by atoms with E-state index in [1.165, 1.54) is 24.1 Å². The van der Waals surface area contributed by atoms with Crippen LogP contribution in [0.5, 0.6) is 0 Å². The van der Waals surface area contributed by atoms with Gasteiger partial charge >= 0.3 is 0 Å². The topological polar surface area (TPSA) is 0 Å². The molecule has 0 aliphatic heterocycles. The van der Waals surface area contributed by atoms with Crippen LogP contribution in [0.15, 0.2) is 29.8 Å². The van der Waals surface area contributed by atoms with Gasteiger partial charge in [0, 0.05) is 6.42 Å². The van der Waals surface area contributed by atoms with Crippen molar-refractivity contribution in [2.75, 3.05) is 27.7 Å². The highest BCUT2D eigenvalue weighted by Gasteiger charge is 2.14. The quantitative estimate of drug-likeness (QED) is 0.661.